The lowest BCUT2D eigenvalue weighted by Gasteiger charge is -2.12. The Labute approximate surface area is 117 Å². The Balaban J connectivity index is 2.40. The van der Waals surface area contributed by atoms with Crippen LogP contribution in [0.25, 0.3) is 0 Å². The Morgan fingerprint density at radius 1 is 1.42 bits per heavy atom. The summed E-state index contributed by atoms with van der Waals surface area (Å²) < 4.78 is 24.3. The molecule has 0 radical (unpaired) electrons. The summed E-state index contributed by atoms with van der Waals surface area (Å²) in [6, 6.07) is 4.13. The van der Waals surface area contributed by atoms with Crippen molar-refractivity contribution in [1.82, 2.24) is 10.6 Å². The molecular formula is C13H21F2N3S. The number of guanidine groups is 1. The Hall–Kier alpha value is -1.17. The quantitative estimate of drug-likeness (QED) is 0.598. The smallest absolute Gasteiger partial charge is 0.255 e. The van der Waals surface area contributed by atoms with Crippen LogP contribution in [0.15, 0.2) is 22.5 Å². The second-order valence-corrected chi connectivity index (χ2v) is 5.41. The van der Waals surface area contributed by atoms with Crippen LogP contribution in [0.5, 0.6) is 0 Å². The van der Waals surface area contributed by atoms with Crippen LogP contribution in [0.2, 0.25) is 0 Å². The van der Waals surface area contributed by atoms with Crippen LogP contribution in [-0.4, -0.2) is 32.0 Å². The zero-order valence-corrected chi connectivity index (χ0v) is 12.1. The van der Waals surface area contributed by atoms with E-state index in [0.717, 1.165) is 6.42 Å². The summed E-state index contributed by atoms with van der Waals surface area (Å²) >= 11 is 1.73. The van der Waals surface area contributed by atoms with E-state index in [0.29, 0.717) is 25.0 Å². The van der Waals surface area contributed by atoms with Gasteiger partial charge in [-0.2, -0.15) is 0 Å². The van der Waals surface area contributed by atoms with Crippen molar-refractivity contribution in [1.29, 1.82) is 0 Å². The van der Waals surface area contributed by atoms with Gasteiger partial charge >= 0.3 is 0 Å². The number of hydrogen-bond donors (Lipinski definition) is 2. The number of nitrogens with one attached hydrogen (secondary N) is 2. The zero-order chi connectivity index (χ0) is 14.1. The Morgan fingerprint density at radius 2 is 2.21 bits per heavy atom. The first kappa shape index (κ1) is 15.9. The fraction of sp³-hybridized carbons (Fsp3) is 0.615. The van der Waals surface area contributed by atoms with Crippen molar-refractivity contribution in [2.75, 3.05) is 19.6 Å². The van der Waals surface area contributed by atoms with Crippen LogP contribution >= 0.6 is 11.3 Å². The molecule has 2 N–H and O–H groups in total. The standard InChI is InChI=1S/C13H21F2N3S/c1-3-16-13(18-9-12(14)15)17-8-10(2)7-11-5-4-6-19-11/h4-6,10,12H,3,7-9H2,1-2H3,(H2,16,17,18). The van der Waals surface area contributed by atoms with Gasteiger partial charge in [-0.15, -0.1) is 11.3 Å². The SMILES string of the molecule is CCNC(=NCC(C)Cc1cccs1)NCC(F)F. The molecule has 1 rings (SSSR count). The largest absolute Gasteiger partial charge is 0.357 e. The summed E-state index contributed by atoms with van der Waals surface area (Å²) in [5.74, 6) is 0.849. The molecule has 0 amide bonds. The van der Waals surface area contributed by atoms with Crippen molar-refractivity contribution in [2.24, 2.45) is 10.9 Å². The molecule has 0 saturated heterocycles. The monoisotopic (exact) mass is 289 g/mol. The van der Waals surface area contributed by atoms with Gasteiger partial charge in [0, 0.05) is 18.0 Å². The first-order valence-electron chi connectivity index (χ1n) is 6.44. The number of halogens is 2. The third-order valence-electron chi connectivity index (χ3n) is 2.46. The van der Waals surface area contributed by atoms with E-state index in [-0.39, 0.29) is 6.54 Å². The van der Waals surface area contributed by atoms with Crippen LogP contribution in [0.3, 0.4) is 0 Å². The van der Waals surface area contributed by atoms with Crippen LogP contribution < -0.4 is 10.6 Å². The number of aliphatic imine (C=N–C) groups is 1. The molecule has 1 heterocycles. The first-order valence-corrected chi connectivity index (χ1v) is 7.32. The lowest BCUT2D eigenvalue weighted by atomic mass is 10.1. The molecule has 6 heteroatoms. The van der Waals surface area contributed by atoms with Gasteiger partial charge in [0.15, 0.2) is 5.96 Å². The fourth-order valence-electron chi connectivity index (χ4n) is 1.60. The van der Waals surface area contributed by atoms with Gasteiger partial charge in [-0.1, -0.05) is 13.0 Å². The molecule has 3 nitrogen and oxygen atoms in total. The van der Waals surface area contributed by atoms with E-state index in [9.17, 15) is 8.78 Å². The van der Waals surface area contributed by atoms with E-state index in [1.165, 1.54) is 4.88 Å². The summed E-state index contributed by atoms with van der Waals surface area (Å²) in [5, 5.41) is 7.64. The Bertz CT molecular complexity index is 366. The van der Waals surface area contributed by atoms with Gasteiger partial charge in [0.05, 0.1) is 6.54 Å². The molecule has 108 valence electrons. The average molecular weight is 289 g/mol. The van der Waals surface area contributed by atoms with Crippen molar-refractivity contribution in [3.05, 3.63) is 22.4 Å². The number of alkyl halides is 2. The molecule has 1 aromatic heterocycles. The van der Waals surface area contributed by atoms with Crippen LogP contribution in [0, 0.1) is 5.92 Å². The second-order valence-electron chi connectivity index (χ2n) is 4.38. The molecule has 1 atom stereocenters. The molecule has 0 aromatic carbocycles. The molecule has 0 aliphatic carbocycles. The highest BCUT2D eigenvalue weighted by Crippen LogP contribution is 2.14. The Morgan fingerprint density at radius 3 is 2.79 bits per heavy atom. The minimum Gasteiger partial charge on any atom is -0.357 e. The van der Waals surface area contributed by atoms with Crippen LogP contribution in [0.4, 0.5) is 8.78 Å². The number of nitrogens with zero attached hydrogens (tertiary/aromatic N) is 1. The lowest BCUT2D eigenvalue weighted by molar-refractivity contribution is 0.152. The Kier molecular flexibility index (Phi) is 7.40. The number of thiophene rings is 1. The highest BCUT2D eigenvalue weighted by Gasteiger charge is 2.07. The van der Waals surface area contributed by atoms with Crippen LogP contribution in [0.1, 0.15) is 18.7 Å². The van der Waals surface area contributed by atoms with Gasteiger partial charge in [-0.05, 0) is 30.7 Å². The fourth-order valence-corrected chi connectivity index (χ4v) is 2.47. The van der Waals surface area contributed by atoms with Gasteiger partial charge in [0.25, 0.3) is 6.43 Å². The summed E-state index contributed by atoms with van der Waals surface area (Å²) in [4.78, 5) is 5.66. The predicted molar refractivity (Wildman–Crippen MR) is 77.2 cm³/mol. The first-order chi connectivity index (χ1) is 9.11. The highest BCUT2D eigenvalue weighted by atomic mass is 32.1. The summed E-state index contributed by atoms with van der Waals surface area (Å²) in [6.07, 6.45) is -1.40. The van der Waals surface area contributed by atoms with Crippen molar-refractivity contribution in [2.45, 2.75) is 26.7 Å². The molecule has 1 aromatic rings. The van der Waals surface area contributed by atoms with E-state index < -0.39 is 6.43 Å². The number of rotatable bonds is 7. The number of hydrogen-bond acceptors (Lipinski definition) is 2. The maximum absolute atomic E-state index is 12.1. The molecule has 1 unspecified atom stereocenters. The van der Waals surface area contributed by atoms with Crippen molar-refractivity contribution in [3.63, 3.8) is 0 Å². The topological polar surface area (TPSA) is 36.4 Å². The summed E-state index contributed by atoms with van der Waals surface area (Å²) in [6.45, 7) is 4.94. The second kappa shape index (κ2) is 8.85. The normalized spacial score (nSPS) is 13.6. The van der Waals surface area contributed by atoms with E-state index in [1.54, 1.807) is 11.3 Å². The molecule has 0 aliphatic heterocycles. The van der Waals surface area contributed by atoms with Crippen molar-refractivity contribution < 1.29 is 8.78 Å². The van der Waals surface area contributed by atoms with E-state index in [4.69, 9.17) is 0 Å². The molecular weight excluding hydrogens is 268 g/mol. The third-order valence-corrected chi connectivity index (χ3v) is 3.36. The van der Waals surface area contributed by atoms with Crippen LogP contribution in [-0.2, 0) is 6.42 Å². The minimum atomic E-state index is -2.37. The maximum atomic E-state index is 12.1. The van der Waals surface area contributed by atoms with E-state index in [1.807, 2.05) is 13.0 Å². The maximum Gasteiger partial charge on any atom is 0.255 e. The summed E-state index contributed by atoms with van der Waals surface area (Å²) in [5.41, 5.74) is 0. The molecule has 0 saturated carbocycles. The van der Waals surface area contributed by atoms with Crippen molar-refractivity contribution in [3.8, 4) is 0 Å². The predicted octanol–water partition coefficient (Wildman–Crippen LogP) is 2.75. The van der Waals surface area contributed by atoms with Gasteiger partial charge in [-0.3, -0.25) is 4.99 Å². The van der Waals surface area contributed by atoms with Gasteiger partial charge in [0.2, 0.25) is 0 Å². The van der Waals surface area contributed by atoms with E-state index in [2.05, 4.69) is 34.0 Å². The molecule has 19 heavy (non-hydrogen) atoms. The zero-order valence-electron chi connectivity index (χ0n) is 11.3. The molecule has 0 aliphatic rings. The minimum absolute atomic E-state index is 0.370. The van der Waals surface area contributed by atoms with Gasteiger partial charge < -0.3 is 10.6 Å². The van der Waals surface area contributed by atoms with Gasteiger partial charge in [-0.25, -0.2) is 8.78 Å². The third kappa shape index (κ3) is 7.10. The average Bonchev–Trinajstić information content (AvgIpc) is 2.85. The van der Waals surface area contributed by atoms with Crippen molar-refractivity contribution >= 4 is 17.3 Å². The van der Waals surface area contributed by atoms with Gasteiger partial charge in [0.1, 0.15) is 0 Å². The van der Waals surface area contributed by atoms with E-state index >= 15 is 0 Å². The highest BCUT2D eigenvalue weighted by molar-refractivity contribution is 7.09. The lowest BCUT2D eigenvalue weighted by Crippen LogP contribution is -2.40. The molecule has 0 fully saturated rings. The molecule has 0 bridgehead atoms. The summed E-state index contributed by atoms with van der Waals surface area (Å²) in [7, 11) is 0. The molecule has 0 spiro atoms.